The molecule has 6 heteroatoms. The lowest BCUT2D eigenvalue weighted by molar-refractivity contribution is -0.136. The van der Waals surface area contributed by atoms with Crippen LogP contribution in [0.4, 0.5) is 0 Å². The Morgan fingerprint density at radius 2 is 2.00 bits per heavy atom. The number of rotatable bonds is 5. The Bertz CT molecular complexity index is 482. The third kappa shape index (κ3) is 3.60. The van der Waals surface area contributed by atoms with Crippen molar-refractivity contribution < 1.29 is 9.90 Å². The second kappa shape index (κ2) is 5.49. The molecule has 0 fully saturated rings. The SMILES string of the molecule is O=C(O)Cc1ccc(CSc2ncn[nH]2)cc1. The molecule has 0 aliphatic heterocycles. The van der Waals surface area contributed by atoms with Gasteiger partial charge in [-0.1, -0.05) is 36.0 Å². The van der Waals surface area contributed by atoms with Gasteiger partial charge in [-0.2, -0.15) is 5.10 Å². The van der Waals surface area contributed by atoms with E-state index in [1.54, 1.807) is 11.8 Å². The molecular formula is C11H11N3O2S. The summed E-state index contributed by atoms with van der Waals surface area (Å²) in [4.78, 5) is 14.5. The summed E-state index contributed by atoms with van der Waals surface area (Å²) in [6, 6.07) is 7.54. The van der Waals surface area contributed by atoms with Crippen molar-refractivity contribution in [2.75, 3.05) is 0 Å². The van der Waals surface area contributed by atoms with E-state index in [2.05, 4.69) is 15.2 Å². The quantitative estimate of drug-likeness (QED) is 0.789. The van der Waals surface area contributed by atoms with Crippen molar-refractivity contribution in [3.8, 4) is 0 Å². The summed E-state index contributed by atoms with van der Waals surface area (Å²) in [7, 11) is 0. The van der Waals surface area contributed by atoms with Gasteiger partial charge in [0.1, 0.15) is 6.33 Å². The number of H-pyrrole nitrogens is 1. The molecule has 0 atom stereocenters. The van der Waals surface area contributed by atoms with E-state index in [1.165, 1.54) is 6.33 Å². The largest absolute Gasteiger partial charge is 0.481 e. The van der Waals surface area contributed by atoms with Gasteiger partial charge in [0, 0.05) is 5.75 Å². The van der Waals surface area contributed by atoms with Crippen LogP contribution in [0.15, 0.2) is 35.7 Å². The molecule has 0 aliphatic rings. The van der Waals surface area contributed by atoms with Gasteiger partial charge in [0.15, 0.2) is 5.16 Å². The molecule has 88 valence electrons. The number of thioether (sulfide) groups is 1. The van der Waals surface area contributed by atoms with E-state index in [0.29, 0.717) is 0 Å². The van der Waals surface area contributed by atoms with Crippen molar-refractivity contribution in [2.45, 2.75) is 17.3 Å². The van der Waals surface area contributed by atoms with Crippen LogP contribution < -0.4 is 0 Å². The van der Waals surface area contributed by atoms with E-state index in [4.69, 9.17) is 5.11 Å². The van der Waals surface area contributed by atoms with Crippen LogP contribution >= 0.6 is 11.8 Å². The topological polar surface area (TPSA) is 78.9 Å². The Labute approximate surface area is 102 Å². The van der Waals surface area contributed by atoms with Crippen LogP contribution in [0, 0.1) is 0 Å². The van der Waals surface area contributed by atoms with E-state index in [9.17, 15) is 4.79 Å². The van der Waals surface area contributed by atoms with Crippen LogP contribution in [0.2, 0.25) is 0 Å². The van der Waals surface area contributed by atoms with E-state index in [0.717, 1.165) is 22.0 Å². The summed E-state index contributed by atoms with van der Waals surface area (Å²) < 4.78 is 0. The first kappa shape index (κ1) is 11.7. The molecule has 1 aromatic carbocycles. The Morgan fingerprint density at radius 1 is 1.29 bits per heavy atom. The third-order valence-corrected chi connectivity index (χ3v) is 3.09. The summed E-state index contributed by atoms with van der Waals surface area (Å²) in [5.41, 5.74) is 1.94. The molecule has 2 N–H and O–H groups in total. The maximum absolute atomic E-state index is 10.5. The molecule has 1 aromatic heterocycles. The smallest absolute Gasteiger partial charge is 0.307 e. The van der Waals surface area contributed by atoms with Crippen LogP contribution in [0.3, 0.4) is 0 Å². The van der Waals surface area contributed by atoms with E-state index in [1.807, 2.05) is 24.3 Å². The van der Waals surface area contributed by atoms with Gasteiger partial charge in [0.2, 0.25) is 0 Å². The molecule has 0 bridgehead atoms. The number of carboxylic acid groups (broad SMARTS) is 1. The molecule has 2 rings (SSSR count). The van der Waals surface area contributed by atoms with Gasteiger partial charge in [-0.3, -0.25) is 9.89 Å². The van der Waals surface area contributed by atoms with Crippen molar-refractivity contribution in [3.05, 3.63) is 41.7 Å². The second-order valence-electron chi connectivity index (χ2n) is 3.47. The Balaban J connectivity index is 1.91. The predicted molar refractivity (Wildman–Crippen MR) is 63.7 cm³/mol. The van der Waals surface area contributed by atoms with Crippen LogP contribution in [0.25, 0.3) is 0 Å². The Kier molecular flexibility index (Phi) is 3.77. The first-order valence-corrected chi connectivity index (χ1v) is 6.00. The minimum Gasteiger partial charge on any atom is -0.481 e. The lowest BCUT2D eigenvalue weighted by Crippen LogP contribution is -1.99. The number of aromatic nitrogens is 3. The number of hydrogen-bond acceptors (Lipinski definition) is 4. The standard InChI is InChI=1S/C11H11N3O2S/c15-10(16)5-8-1-3-9(4-2-8)6-17-11-12-7-13-14-11/h1-4,7H,5-6H2,(H,15,16)(H,12,13,14). The van der Waals surface area contributed by atoms with Gasteiger partial charge in [-0.05, 0) is 11.1 Å². The summed E-state index contributed by atoms with van der Waals surface area (Å²) in [6.07, 6.45) is 1.54. The molecule has 0 saturated carbocycles. The van der Waals surface area contributed by atoms with E-state index >= 15 is 0 Å². The number of hydrogen-bond donors (Lipinski definition) is 2. The molecule has 0 aliphatic carbocycles. The number of aliphatic carboxylic acids is 1. The fourth-order valence-electron chi connectivity index (χ4n) is 1.34. The summed E-state index contributed by atoms with van der Waals surface area (Å²) >= 11 is 1.55. The lowest BCUT2D eigenvalue weighted by Gasteiger charge is -2.01. The second-order valence-corrected chi connectivity index (χ2v) is 4.43. The fourth-order valence-corrected chi connectivity index (χ4v) is 2.08. The highest BCUT2D eigenvalue weighted by Crippen LogP contribution is 2.18. The molecule has 0 radical (unpaired) electrons. The highest BCUT2D eigenvalue weighted by atomic mass is 32.2. The Morgan fingerprint density at radius 3 is 2.59 bits per heavy atom. The normalized spacial score (nSPS) is 10.4. The molecule has 0 unspecified atom stereocenters. The highest BCUT2D eigenvalue weighted by molar-refractivity contribution is 7.98. The van der Waals surface area contributed by atoms with Gasteiger partial charge >= 0.3 is 5.97 Å². The summed E-state index contributed by atoms with van der Waals surface area (Å²) in [5, 5.41) is 15.9. The molecule has 5 nitrogen and oxygen atoms in total. The molecule has 17 heavy (non-hydrogen) atoms. The first-order valence-electron chi connectivity index (χ1n) is 5.02. The fraction of sp³-hybridized carbons (Fsp3) is 0.182. The van der Waals surface area contributed by atoms with Crippen molar-refractivity contribution in [1.29, 1.82) is 0 Å². The Hall–Kier alpha value is -1.82. The van der Waals surface area contributed by atoms with Crippen LogP contribution in [0.1, 0.15) is 11.1 Å². The van der Waals surface area contributed by atoms with Gasteiger partial charge in [0.25, 0.3) is 0 Å². The van der Waals surface area contributed by atoms with Gasteiger partial charge in [-0.25, -0.2) is 4.98 Å². The first-order chi connectivity index (χ1) is 8.24. The molecule has 0 saturated heterocycles. The highest BCUT2D eigenvalue weighted by Gasteiger charge is 2.01. The average molecular weight is 249 g/mol. The predicted octanol–water partition coefficient (Wildman–Crippen LogP) is 1.72. The van der Waals surface area contributed by atoms with Crippen molar-refractivity contribution in [1.82, 2.24) is 15.2 Å². The zero-order valence-electron chi connectivity index (χ0n) is 8.96. The minimum atomic E-state index is -0.811. The molecular weight excluding hydrogens is 238 g/mol. The van der Waals surface area contributed by atoms with Crippen molar-refractivity contribution in [2.24, 2.45) is 0 Å². The summed E-state index contributed by atoms with van der Waals surface area (Å²) in [6.45, 7) is 0. The summed E-state index contributed by atoms with van der Waals surface area (Å²) in [5.74, 6) is -0.0310. The monoisotopic (exact) mass is 249 g/mol. The molecule has 0 amide bonds. The number of carbonyl (C=O) groups is 1. The van der Waals surface area contributed by atoms with Gasteiger partial charge in [0.05, 0.1) is 6.42 Å². The van der Waals surface area contributed by atoms with Gasteiger partial charge in [-0.15, -0.1) is 0 Å². The molecule has 0 spiro atoms. The number of benzene rings is 1. The van der Waals surface area contributed by atoms with Crippen molar-refractivity contribution in [3.63, 3.8) is 0 Å². The number of nitrogens with one attached hydrogen (secondary N) is 1. The number of aromatic amines is 1. The van der Waals surface area contributed by atoms with Crippen LogP contribution in [-0.2, 0) is 17.0 Å². The van der Waals surface area contributed by atoms with Crippen LogP contribution in [-0.4, -0.2) is 26.3 Å². The molecule has 1 heterocycles. The van der Waals surface area contributed by atoms with E-state index in [-0.39, 0.29) is 6.42 Å². The number of nitrogens with zero attached hydrogens (tertiary/aromatic N) is 2. The minimum absolute atomic E-state index is 0.0650. The van der Waals surface area contributed by atoms with Crippen LogP contribution in [0.5, 0.6) is 0 Å². The maximum Gasteiger partial charge on any atom is 0.307 e. The van der Waals surface area contributed by atoms with Gasteiger partial charge < -0.3 is 5.11 Å². The zero-order chi connectivity index (χ0) is 12.1. The van der Waals surface area contributed by atoms with Crippen molar-refractivity contribution >= 4 is 17.7 Å². The third-order valence-electron chi connectivity index (χ3n) is 2.15. The molecule has 2 aromatic rings. The number of carboxylic acids is 1. The average Bonchev–Trinajstić information content (AvgIpc) is 2.80. The lowest BCUT2D eigenvalue weighted by atomic mass is 10.1. The maximum atomic E-state index is 10.5. The zero-order valence-corrected chi connectivity index (χ0v) is 9.78. The van der Waals surface area contributed by atoms with E-state index < -0.39 is 5.97 Å².